The highest BCUT2D eigenvalue weighted by atomic mass is 32.2. The molecule has 3 unspecified atom stereocenters. The van der Waals surface area contributed by atoms with Gasteiger partial charge in [-0.2, -0.15) is 11.8 Å². The van der Waals surface area contributed by atoms with Gasteiger partial charge in [0.25, 0.3) is 0 Å². The van der Waals surface area contributed by atoms with Crippen LogP contribution in [0, 0.1) is 0 Å². The van der Waals surface area contributed by atoms with Gasteiger partial charge in [0.05, 0.1) is 12.0 Å². The van der Waals surface area contributed by atoms with Gasteiger partial charge in [0.15, 0.2) is 0 Å². The van der Waals surface area contributed by atoms with Gasteiger partial charge in [-0.25, -0.2) is 0 Å². The molecule has 5 heteroatoms. The number of benzene rings is 1. The molecule has 0 saturated carbocycles. The molecule has 0 bridgehead atoms. The highest BCUT2D eigenvalue weighted by Gasteiger charge is 2.19. The van der Waals surface area contributed by atoms with Crippen molar-refractivity contribution in [3.8, 4) is 0 Å². The van der Waals surface area contributed by atoms with Crippen molar-refractivity contribution < 1.29 is 10.3 Å². The van der Waals surface area contributed by atoms with Gasteiger partial charge in [0.1, 0.15) is 5.84 Å². The summed E-state index contributed by atoms with van der Waals surface area (Å²) in [5.74, 6) is 0.736. The standard InChI is InChI=1S/C13H20N2O2S/c1-9(16)10(2)18-8-12(13(14)15-17)11-6-4-3-5-7-11/h3-7,9-10,12,16-17H,8H2,1-2H3,(H2,14,15). The summed E-state index contributed by atoms with van der Waals surface area (Å²) >= 11 is 1.61. The van der Waals surface area contributed by atoms with Gasteiger partial charge in [-0.3, -0.25) is 0 Å². The second-order valence-electron chi connectivity index (χ2n) is 4.27. The van der Waals surface area contributed by atoms with Crippen LogP contribution in [-0.4, -0.2) is 33.3 Å². The molecule has 0 amide bonds. The highest BCUT2D eigenvalue weighted by Crippen LogP contribution is 2.25. The molecule has 1 aromatic carbocycles. The van der Waals surface area contributed by atoms with Crippen LogP contribution < -0.4 is 5.73 Å². The molecule has 1 aromatic rings. The number of oxime groups is 1. The Balaban J connectivity index is 2.75. The molecular formula is C13H20N2O2S. The lowest BCUT2D eigenvalue weighted by molar-refractivity contribution is 0.196. The van der Waals surface area contributed by atoms with Gasteiger partial charge in [0.2, 0.25) is 0 Å². The van der Waals surface area contributed by atoms with Crippen LogP contribution in [0.4, 0.5) is 0 Å². The van der Waals surface area contributed by atoms with Crippen LogP contribution in [0.15, 0.2) is 35.5 Å². The lowest BCUT2D eigenvalue weighted by Gasteiger charge is -2.19. The van der Waals surface area contributed by atoms with Gasteiger partial charge < -0.3 is 16.0 Å². The third-order valence-electron chi connectivity index (χ3n) is 2.88. The zero-order valence-electron chi connectivity index (χ0n) is 10.7. The van der Waals surface area contributed by atoms with E-state index in [1.165, 1.54) is 0 Å². The van der Waals surface area contributed by atoms with E-state index in [1.54, 1.807) is 18.7 Å². The Morgan fingerprint density at radius 1 is 1.33 bits per heavy atom. The van der Waals surface area contributed by atoms with E-state index in [0.717, 1.165) is 5.56 Å². The van der Waals surface area contributed by atoms with Gasteiger partial charge in [0, 0.05) is 11.0 Å². The van der Waals surface area contributed by atoms with E-state index in [-0.39, 0.29) is 23.1 Å². The molecule has 0 aliphatic heterocycles. The van der Waals surface area contributed by atoms with Crippen molar-refractivity contribution in [2.45, 2.75) is 31.1 Å². The predicted octanol–water partition coefficient (Wildman–Crippen LogP) is 2.02. The number of aliphatic hydroxyl groups is 1. The number of rotatable bonds is 6. The van der Waals surface area contributed by atoms with Crippen molar-refractivity contribution in [3.63, 3.8) is 0 Å². The second-order valence-corrected chi connectivity index (χ2v) is 5.68. The van der Waals surface area contributed by atoms with Crippen LogP contribution >= 0.6 is 11.8 Å². The van der Waals surface area contributed by atoms with E-state index in [9.17, 15) is 5.11 Å². The summed E-state index contributed by atoms with van der Waals surface area (Å²) in [5, 5.41) is 21.5. The molecule has 4 N–H and O–H groups in total. The first-order valence-corrected chi connectivity index (χ1v) is 6.93. The van der Waals surface area contributed by atoms with E-state index < -0.39 is 0 Å². The summed E-state index contributed by atoms with van der Waals surface area (Å²) in [7, 11) is 0. The van der Waals surface area contributed by atoms with Crippen LogP contribution in [-0.2, 0) is 0 Å². The minimum Gasteiger partial charge on any atom is -0.409 e. The van der Waals surface area contributed by atoms with Crippen molar-refractivity contribution in [2.24, 2.45) is 10.9 Å². The summed E-state index contributed by atoms with van der Waals surface area (Å²) in [5.41, 5.74) is 6.75. The van der Waals surface area contributed by atoms with E-state index in [0.29, 0.717) is 5.75 Å². The predicted molar refractivity (Wildman–Crippen MR) is 76.2 cm³/mol. The van der Waals surface area contributed by atoms with Gasteiger partial charge in [-0.05, 0) is 12.5 Å². The number of thioether (sulfide) groups is 1. The Bertz CT molecular complexity index is 382. The normalized spacial score (nSPS) is 17.2. The molecule has 0 heterocycles. The molecule has 100 valence electrons. The Labute approximate surface area is 112 Å². The molecule has 3 atom stereocenters. The Morgan fingerprint density at radius 2 is 1.94 bits per heavy atom. The van der Waals surface area contributed by atoms with Crippen LogP contribution in [0.3, 0.4) is 0 Å². The average Bonchev–Trinajstić information content (AvgIpc) is 2.39. The first kappa shape index (κ1) is 14.9. The van der Waals surface area contributed by atoms with Crippen LogP contribution in [0.1, 0.15) is 25.3 Å². The molecule has 0 aromatic heterocycles. The largest absolute Gasteiger partial charge is 0.409 e. The summed E-state index contributed by atoms with van der Waals surface area (Å²) in [6.07, 6.45) is -0.376. The van der Waals surface area contributed by atoms with Crippen LogP contribution in [0.5, 0.6) is 0 Å². The molecule has 1 rings (SSSR count). The Hall–Kier alpha value is -1.20. The van der Waals surface area contributed by atoms with Crippen molar-refractivity contribution in [1.82, 2.24) is 0 Å². The molecule has 0 radical (unpaired) electrons. The first-order valence-electron chi connectivity index (χ1n) is 5.88. The number of hydrogen-bond acceptors (Lipinski definition) is 4. The minimum absolute atomic E-state index is 0.114. The smallest absolute Gasteiger partial charge is 0.147 e. The van der Waals surface area contributed by atoms with E-state index in [2.05, 4.69) is 5.16 Å². The Morgan fingerprint density at radius 3 is 2.44 bits per heavy atom. The molecular weight excluding hydrogens is 248 g/mol. The summed E-state index contributed by atoms with van der Waals surface area (Å²) in [6, 6.07) is 9.69. The van der Waals surface area contributed by atoms with Crippen molar-refractivity contribution >= 4 is 17.6 Å². The third kappa shape index (κ3) is 4.23. The summed E-state index contributed by atoms with van der Waals surface area (Å²) in [4.78, 5) is 0. The quantitative estimate of drug-likeness (QED) is 0.319. The average molecular weight is 268 g/mol. The van der Waals surface area contributed by atoms with Gasteiger partial charge >= 0.3 is 0 Å². The maximum Gasteiger partial charge on any atom is 0.147 e. The number of hydrogen-bond donors (Lipinski definition) is 3. The van der Waals surface area contributed by atoms with Crippen molar-refractivity contribution in [2.75, 3.05) is 5.75 Å². The molecule has 0 saturated heterocycles. The molecule has 0 aliphatic carbocycles. The third-order valence-corrected chi connectivity index (χ3v) is 4.33. The molecule has 0 spiro atoms. The fourth-order valence-corrected chi connectivity index (χ4v) is 2.63. The maximum atomic E-state index is 9.47. The molecule has 18 heavy (non-hydrogen) atoms. The number of nitrogens with zero attached hydrogens (tertiary/aromatic N) is 1. The van der Waals surface area contributed by atoms with Crippen LogP contribution in [0.2, 0.25) is 0 Å². The lowest BCUT2D eigenvalue weighted by atomic mass is 10.0. The zero-order valence-corrected chi connectivity index (χ0v) is 11.5. The van der Waals surface area contributed by atoms with Crippen molar-refractivity contribution in [1.29, 1.82) is 0 Å². The summed E-state index contributed by atoms with van der Waals surface area (Å²) < 4.78 is 0. The maximum absolute atomic E-state index is 9.47. The van der Waals surface area contributed by atoms with E-state index in [1.807, 2.05) is 37.3 Å². The molecule has 0 aliphatic rings. The van der Waals surface area contributed by atoms with E-state index in [4.69, 9.17) is 10.9 Å². The number of amidine groups is 1. The van der Waals surface area contributed by atoms with Crippen LogP contribution in [0.25, 0.3) is 0 Å². The first-order chi connectivity index (χ1) is 8.56. The number of nitrogens with two attached hydrogens (primary N) is 1. The fourth-order valence-electron chi connectivity index (χ4n) is 1.49. The lowest BCUT2D eigenvalue weighted by Crippen LogP contribution is -2.26. The molecule has 0 fully saturated rings. The SMILES string of the molecule is CC(O)C(C)SCC(/C(N)=N/O)c1ccccc1. The highest BCUT2D eigenvalue weighted by molar-refractivity contribution is 8.00. The molecule has 4 nitrogen and oxygen atoms in total. The Kier molecular flexibility index (Phi) is 6.01. The zero-order chi connectivity index (χ0) is 13.5. The minimum atomic E-state index is -0.376. The van der Waals surface area contributed by atoms with Gasteiger partial charge in [-0.1, -0.05) is 42.4 Å². The topological polar surface area (TPSA) is 78.8 Å². The van der Waals surface area contributed by atoms with Gasteiger partial charge in [-0.15, -0.1) is 0 Å². The fraction of sp³-hybridized carbons (Fsp3) is 0.462. The summed E-state index contributed by atoms with van der Waals surface area (Å²) in [6.45, 7) is 3.72. The number of aliphatic hydroxyl groups excluding tert-OH is 1. The monoisotopic (exact) mass is 268 g/mol. The second kappa shape index (κ2) is 7.28. The van der Waals surface area contributed by atoms with Crippen molar-refractivity contribution in [3.05, 3.63) is 35.9 Å². The van der Waals surface area contributed by atoms with E-state index >= 15 is 0 Å².